The Kier molecular flexibility index (Phi) is 5.91. The van der Waals surface area contributed by atoms with Gasteiger partial charge in [0.15, 0.2) is 5.01 Å². The van der Waals surface area contributed by atoms with Crippen molar-refractivity contribution in [2.75, 3.05) is 12.4 Å². The minimum absolute atomic E-state index is 0.288. The van der Waals surface area contributed by atoms with Crippen molar-refractivity contribution in [1.29, 1.82) is 0 Å². The molecule has 1 saturated carbocycles. The zero-order chi connectivity index (χ0) is 22.0. The third-order valence-corrected chi connectivity index (χ3v) is 5.40. The molecule has 9 heteroatoms. The number of benzene rings is 1. The molecule has 1 aromatic carbocycles. The summed E-state index contributed by atoms with van der Waals surface area (Å²) in [6, 6.07) is 6.39. The van der Waals surface area contributed by atoms with E-state index in [0.717, 1.165) is 18.4 Å². The van der Waals surface area contributed by atoms with Crippen molar-refractivity contribution in [3.63, 3.8) is 0 Å². The number of nitrogens with one attached hydrogen (secondary N) is 1. The van der Waals surface area contributed by atoms with Crippen LogP contribution in [0.1, 0.15) is 45.9 Å². The second kappa shape index (κ2) is 8.78. The minimum Gasteiger partial charge on any atom is -0.494 e. The van der Waals surface area contributed by atoms with E-state index < -0.39 is 18.0 Å². The van der Waals surface area contributed by atoms with Gasteiger partial charge in [-0.25, -0.2) is 8.78 Å². The number of hydrogen-bond donors (Lipinski definition) is 1. The van der Waals surface area contributed by atoms with Crippen molar-refractivity contribution < 1.29 is 18.3 Å². The van der Waals surface area contributed by atoms with Crippen molar-refractivity contribution in [2.45, 2.75) is 26.2 Å². The predicted molar refractivity (Wildman–Crippen MR) is 113 cm³/mol. The van der Waals surface area contributed by atoms with Gasteiger partial charge in [-0.05, 0) is 43.4 Å². The Morgan fingerprint density at radius 3 is 2.77 bits per heavy atom. The van der Waals surface area contributed by atoms with Crippen LogP contribution in [0.5, 0.6) is 5.75 Å². The molecule has 0 spiro atoms. The SMILES string of the molecule is COc1cnc(C(F)F)cc1-c1cc(C)ccc1C(=O)Nc1nnc(C#CC2CC2)s1. The quantitative estimate of drug-likeness (QED) is 0.573. The summed E-state index contributed by atoms with van der Waals surface area (Å²) in [6.07, 6.45) is 0.703. The van der Waals surface area contributed by atoms with Crippen molar-refractivity contribution in [3.05, 3.63) is 52.3 Å². The highest BCUT2D eigenvalue weighted by Crippen LogP contribution is 2.35. The smallest absolute Gasteiger partial charge is 0.280 e. The fourth-order valence-corrected chi connectivity index (χ4v) is 3.51. The summed E-state index contributed by atoms with van der Waals surface area (Å²) in [5.41, 5.74) is 1.56. The second-order valence-electron chi connectivity index (χ2n) is 7.07. The number of hydrogen-bond acceptors (Lipinski definition) is 6. The first-order valence-corrected chi connectivity index (χ1v) is 10.4. The molecule has 1 aliphatic rings. The Hall–Kier alpha value is -3.38. The van der Waals surface area contributed by atoms with Crippen LogP contribution in [0.2, 0.25) is 0 Å². The summed E-state index contributed by atoms with van der Waals surface area (Å²) in [5.74, 6) is 6.35. The maximum absolute atomic E-state index is 13.2. The second-order valence-corrected chi connectivity index (χ2v) is 8.05. The van der Waals surface area contributed by atoms with Crippen molar-refractivity contribution in [1.82, 2.24) is 15.2 Å². The highest BCUT2D eigenvalue weighted by molar-refractivity contribution is 7.15. The molecule has 4 rings (SSSR count). The molecule has 1 amide bonds. The number of carbonyl (C=O) groups excluding carboxylic acids is 1. The maximum atomic E-state index is 13.2. The summed E-state index contributed by atoms with van der Waals surface area (Å²) in [6.45, 7) is 1.85. The standard InChI is InChI=1S/C22H18F2N4O2S/c1-12-3-7-14(15(9-12)16-10-17(20(23)24)25-11-18(16)30-2)21(29)26-22-28-27-19(31-22)8-6-13-4-5-13/h3,7,9-11,13,20H,4-5H2,1-2H3,(H,26,28,29). The van der Waals surface area contributed by atoms with Gasteiger partial charge < -0.3 is 4.74 Å². The first kappa shape index (κ1) is 20.9. The van der Waals surface area contributed by atoms with E-state index in [1.54, 1.807) is 18.2 Å². The number of ether oxygens (including phenoxy) is 1. The zero-order valence-electron chi connectivity index (χ0n) is 16.8. The number of aryl methyl sites for hydroxylation is 1. The Labute approximate surface area is 181 Å². The largest absolute Gasteiger partial charge is 0.494 e. The van der Waals surface area contributed by atoms with Gasteiger partial charge in [0.2, 0.25) is 5.13 Å². The van der Waals surface area contributed by atoms with Gasteiger partial charge in [0.1, 0.15) is 11.4 Å². The molecular formula is C22H18F2N4O2S. The van der Waals surface area contributed by atoms with Gasteiger partial charge in [0, 0.05) is 17.0 Å². The van der Waals surface area contributed by atoms with Crippen molar-refractivity contribution >= 4 is 22.4 Å². The van der Waals surface area contributed by atoms with Gasteiger partial charge in [-0.2, -0.15) is 0 Å². The first-order valence-electron chi connectivity index (χ1n) is 9.54. The molecule has 1 aliphatic carbocycles. The number of pyridine rings is 1. The van der Waals surface area contributed by atoms with E-state index in [1.165, 1.54) is 30.7 Å². The minimum atomic E-state index is -2.75. The average Bonchev–Trinajstić information content (AvgIpc) is 3.49. The van der Waals surface area contributed by atoms with E-state index in [0.29, 0.717) is 27.2 Å². The Morgan fingerprint density at radius 2 is 2.06 bits per heavy atom. The third-order valence-electron chi connectivity index (χ3n) is 4.65. The molecular weight excluding hydrogens is 422 g/mol. The Balaban J connectivity index is 1.67. The maximum Gasteiger partial charge on any atom is 0.280 e. The van der Waals surface area contributed by atoms with Crippen molar-refractivity contribution in [3.8, 4) is 28.7 Å². The number of methoxy groups -OCH3 is 1. The monoisotopic (exact) mass is 440 g/mol. The third kappa shape index (κ3) is 4.86. The lowest BCUT2D eigenvalue weighted by Crippen LogP contribution is -2.13. The molecule has 2 heterocycles. The van der Waals surface area contributed by atoms with Gasteiger partial charge in [-0.3, -0.25) is 15.1 Å². The number of aromatic nitrogens is 3. The van der Waals surface area contributed by atoms with E-state index >= 15 is 0 Å². The zero-order valence-corrected chi connectivity index (χ0v) is 17.6. The number of alkyl halides is 2. The topological polar surface area (TPSA) is 77.0 Å². The van der Waals surface area contributed by atoms with Crippen LogP contribution in [0.15, 0.2) is 30.5 Å². The van der Waals surface area contributed by atoms with Crippen LogP contribution in [-0.2, 0) is 0 Å². The average molecular weight is 440 g/mol. The van der Waals surface area contributed by atoms with Gasteiger partial charge >= 0.3 is 0 Å². The van der Waals surface area contributed by atoms with Crippen LogP contribution >= 0.6 is 11.3 Å². The molecule has 0 unspecified atom stereocenters. The summed E-state index contributed by atoms with van der Waals surface area (Å²) in [4.78, 5) is 16.7. The molecule has 1 fully saturated rings. The summed E-state index contributed by atoms with van der Waals surface area (Å²) >= 11 is 1.18. The Morgan fingerprint density at radius 1 is 1.26 bits per heavy atom. The normalized spacial score (nSPS) is 12.9. The lowest BCUT2D eigenvalue weighted by atomic mass is 9.96. The molecule has 3 aromatic rings. The van der Waals surface area contributed by atoms with Crippen LogP contribution in [-0.4, -0.2) is 28.2 Å². The van der Waals surface area contributed by atoms with Gasteiger partial charge in [-0.1, -0.05) is 35.0 Å². The van der Waals surface area contributed by atoms with Crippen LogP contribution in [0.3, 0.4) is 0 Å². The van der Waals surface area contributed by atoms with E-state index in [-0.39, 0.29) is 11.3 Å². The highest BCUT2D eigenvalue weighted by atomic mass is 32.1. The Bertz CT molecular complexity index is 1200. The first-order chi connectivity index (χ1) is 14.9. The van der Waals surface area contributed by atoms with Crippen molar-refractivity contribution in [2.24, 2.45) is 5.92 Å². The van der Waals surface area contributed by atoms with E-state index in [4.69, 9.17) is 4.74 Å². The number of carbonyl (C=O) groups is 1. The molecule has 0 atom stereocenters. The molecule has 0 radical (unpaired) electrons. The number of rotatable bonds is 5. The lowest BCUT2D eigenvalue weighted by molar-refractivity contribution is 0.102. The fourth-order valence-electron chi connectivity index (χ4n) is 2.91. The molecule has 158 valence electrons. The van der Waals surface area contributed by atoms with Gasteiger partial charge in [0.25, 0.3) is 12.3 Å². The van der Waals surface area contributed by atoms with Crippen LogP contribution in [0.25, 0.3) is 11.1 Å². The summed E-state index contributed by atoms with van der Waals surface area (Å²) < 4.78 is 31.8. The summed E-state index contributed by atoms with van der Waals surface area (Å²) in [5, 5.41) is 11.5. The summed E-state index contributed by atoms with van der Waals surface area (Å²) in [7, 11) is 1.42. The fraction of sp³-hybridized carbons (Fsp3) is 0.273. The van der Waals surface area contributed by atoms with E-state index in [9.17, 15) is 13.6 Å². The predicted octanol–water partition coefficient (Wildman–Crippen LogP) is 4.87. The number of amides is 1. The number of halogens is 2. The number of anilines is 1. The van der Waals surface area contributed by atoms with Crippen LogP contribution in [0, 0.1) is 24.7 Å². The highest BCUT2D eigenvalue weighted by Gasteiger charge is 2.21. The van der Waals surface area contributed by atoms with Gasteiger partial charge in [0.05, 0.1) is 13.3 Å². The molecule has 0 saturated heterocycles. The molecule has 0 aliphatic heterocycles. The van der Waals surface area contributed by atoms with Crippen LogP contribution in [0.4, 0.5) is 13.9 Å². The molecule has 2 aromatic heterocycles. The molecule has 31 heavy (non-hydrogen) atoms. The van der Waals surface area contributed by atoms with Crippen LogP contribution < -0.4 is 10.1 Å². The number of nitrogens with zero attached hydrogens (tertiary/aromatic N) is 3. The van der Waals surface area contributed by atoms with Gasteiger partial charge in [-0.15, -0.1) is 10.2 Å². The lowest BCUT2D eigenvalue weighted by Gasteiger charge is -2.14. The van der Waals surface area contributed by atoms with E-state index in [1.807, 2.05) is 6.92 Å². The molecule has 6 nitrogen and oxygen atoms in total. The van der Waals surface area contributed by atoms with E-state index in [2.05, 4.69) is 32.3 Å². The molecule has 0 bridgehead atoms. The molecule has 1 N–H and O–H groups in total.